The molecule has 0 saturated carbocycles. The van der Waals surface area contributed by atoms with E-state index in [0.717, 1.165) is 0 Å². The number of alkyl halides is 8. The Balaban J connectivity index is 0.00000400. The van der Waals surface area contributed by atoms with E-state index in [9.17, 15) is 35.1 Å². The normalized spacial score (nSPS) is 14.6. The van der Waals surface area contributed by atoms with Crippen LogP contribution < -0.4 is 5.73 Å². The lowest BCUT2D eigenvalue weighted by molar-refractivity contribution is -0.291. The fourth-order valence-electron chi connectivity index (χ4n) is 1.33. The van der Waals surface area contributed by atoms with Crippen molar-refractivity contribution in [2.45, 2.75) is 24.3 Å². The summed E-state index contributed by atoms with van der Waals surface area (Å²) in [5.41, 5.74) is 2.19. The second-order valence-corrected chi connectivity index (χ2v) is 4.24. The minimum Gasteiger partial charge on any atom is -0.319 e. The van der Waals surface area contributed by atoms with Gasteiger partial charge in [-0.25, -0.2) is 0 Å². The Hall–Kier alpha value is -0.800. The molecule has 0 radical (unpaired) electrons. The monoisotopic (exact) mass is 363 g/mol. The Morgan fingerprint density at radius 1 is 0.952 bits per heavy atom. The van der Waals surface area contributed by atoms with Crippen molar-refractivity contribution in [2.24, 2.45) is 5.73 Å². The molecule has 0 fully saturated rings. The molecular weight excluding hydrogens is 357 g/mol. The van der Waals surface area contributed by atoms with E-state index in [1.807, 2.05) is 0 Å². The van der Waals surface area contributed by atoms with Crippen molar-refractivity contribution in [1.29, 1.82) is 0 Å². The average Bonchev–Trinajstić information content (AvgIpc) is 2.25. The van der Waals surface area contributed by atoms with Gasteiger partial charge >= 0.3 is 18.3 Å². The summed E-state index contributed by atoms with van der Waals surface area (Å²) in [6.07, 6.45) is -10.9. The van der Waals surface area contributed by atoms with Crippen molar-refractivity contribution in [1.82, 2.24) is 0 Å². The lowest BCUT2D eigenvalue weighted by atomic mass is 9.98. The SMILES string of the molecule is Cl.N[C@H](c1cc(C(F)(F)F)ccc1Cl)C(F)(F)C(F)(F)F. The minimum atomic E-state index is -6.01. The summed E-state index contributed by atoms with van der Waals surface area (Å²) in [5.74, 6) is -5.42. The molecule has 0 unspecified atom stereocenters. The smallest absolute Gasteiger partial charge is 0.319 e. The molecule has 1 rings (SSSR count). The summed E-state index contributed by atoms with van der Waals surface area (Å²) in [4.78, 5) is 0. The van der Waals surface area contributed by atoms with E-state index >= 15 is 0 Å². The summed E-state index contributed by atoms with van der Waals surface area (Å²) in [5, 5.41) is -0.713. The third kappa shape index (κ3) is 4.10. The van der Waals surface area contributed by atoms with Gasteiger partial charge < -0.3 is 5.73 Å². The standard InChI is InChI=1S/C10H6ClF8N.ClH/c11-6-2-1-4(9(14,15)16)3-5(6)7(20)8(12,13)10(17,18)19;/h1-3,7H,20H2;1H/t7-;/m1./s1. The molecule has 0 spiro atoms. The molecule has 1 aromatic carbocycles. The van der Waals surface area contributed by atoms with Crippen LogP contribution in [0, 0.1) is 0 Å². The van der Waals surface area contributed by atoms with Crippen LogP contribution in [0.1, 0.15) is 17.2 Å². The average molecular weight is 364 g/mol. The van der Waals surface area contributed by atoms with E-state index in [-0.39, 0.29) is 18.5 Å². The number of halogens is 10. The molecule has 1 atom stereocenters. The van der Waals surface area contributed by atoms with Gasteiger partial charge in [-0.15, -0.1) is 12.4 Å². The first-order chi connectivity index (χ1) is 8.78. The van der Waals surface area contributed by atoms with Crippen LogP contribution in [-0.2, 0) is 6.18 Å². The van der Waals surface area contributed by atoms with Crippen molar-refractivity contribution in [3.05, 3.63) is 34.3 Å². The number of nitrogens with two attached hydrogens (primary N) is 1. The molecule has 1 nitrogen and oxygen atoms in total. The number of benzene rings is 1. The zero-order valence-electron chi connectivity index (χ0n) is 9.70. The predicted octanol–water partition coefficient (Wildman–Crippen LogP) is 4.98. The number of hydrogen-bond acceptors (Lipinski definition) is 1. The topological polar surface area (TPSA) is 26.0 Å². The van der Waals surface area contributed by atoms with Crippen LogP contribution >= 0.6 is 24.0 Å². The van der Waals surface area contributed by atoms with Crippen LogP contribution in [0.25, 0.3) is 0 Å². The molecule has 11 heteroatoms. The van der Waals surface area contributed by atoms with Crippen LogP contribution in [-0.4, -0.2) is 12.1 Å². The molecule has 0 heterocycles. The van der Waals surface area contributed by atoms with Gasteiger partial charge in [0, 0.05) is 5.02 Å². The van der Waals surface area contributed by atoms with Crippen LogP contribution in [0.4, 0.5) is 35.1 Å². The summed E-state index contributed by atoms with van der Waals surface area (Å²) >= 11 is 5.35. The van der Waals surface area contributed by atoms with Gasteiger partial charge in [0.15, 0.2) is 0 Å². The van der Waals surface area contributed by atoms with Gasteiger partial charge in [-0.05, 0) is 23.8 Å². The van der Waals surface area contributed by atoms with E-state index in [1.165, 1.54) is 0 Å². The lowest BCUT2D eigenvalue weighted by Crippen LogP contribution is -2.46. The molecule has 0 bridgehead atoms. The molecule has 0 aliphatic rings. The first-order valence-electron chi connectivity index (χ1n) is 4.85. The summed E-state index contributed by atoms with van der Waals surface area (Å²) in [7, 11) is 0. The first-order valence-corrected chi connectivity index (χ1v) is 5.23. The van der Waals surface area contributed by atoms with E-state index < -0.39 is 40.5 Å². The van der Waals surface area contributed by atoms with E-state index in [4.69, 9.17) is 17.3 Å². The Bertz CT molecular complexity index is 497. The van der Waals surface area contributed by atoms with Crippen LogP contribution in [0.5, 0.6) is 0 Å². The molecule has 2 N–H and O–H groups in total. The highest BCUT2D eigenvalue weighted by Gasteiger charge is 2.62. The molecule has 0 amide bonds. The van der Waals surface area contributed by atoms with E-state index in [2.05, 4.69) is 0 Å². The highest BCUT2D eigenvalue weighted by Crippen LogP contribution is 2.45. The van der Waals surface area contributed by atoms with Crippen molar-refractivity contribution >= 4 is 24.0 Å². The maximum atomic E-state index is 13.0. The quantitative estimate of drug-likeness (QED) is 0.737. The number of hydrogen-bond donors (Lipinski definition) is 1. The van der Waals surface area contributed by atoms with Gasteiger partial charge in [0.1, 0.15) is 6.04 Å². The van der Waals surface area contributed by atoms with Crippen molar-refractivity contribution in [3.63, 3.8) is 0 Å². The Kier molecular flexibility index (Phi) is 5.90. The first kappa shape index (κ1) is 20.2. The Labute approximate surface area is 124 Å². The van der Waals surface area contributed by atoms with Gasteiger partial charge in [0.05, 0.1) is 5.56 Å². The Morgan fingerprint density at radius 2 is 1.43 bits per heavy atom. The van der Waals surface area contributed by atoms with E-state index in [0.29, 0.717) is 12.1 Å². The van der Waals surface area contributed by atoms with Crippen LogP contribution in [0.3, 0.4) is 0 Å². The maximum Gasteiger partial charge on any atom is 0.455 e. The van der Waals surface area contributed by atoms with Crippen molar-refractivity contribution in [3.8, 4) is 0 Å². The molecule has 0 aliphatic carbocycles. The van der Waals surface area contributed by atoms with Gasteiger partial charge in [-0.3, -0.25) is 0 Å². The molecule has 0 aromatic heterocycles. The van der Waals surface area contributed by atoms with Gasteiger partial charge in [-0.1, -0.05) is 11.6 Å². The van der Waals surface area contributed by atoms with Gasteiger partial charge in [-0.2, -0.15) is 35.1 Å². The highest BCUT2D eigenvalue weighted by atomic mass is 35.5. The predicted molar refractivity (Wildman–Crippen MR) is 61.6 cm³/mol. The molecule has 1 aromatic rings. The zero-order valence-corrected chi connectivity index (χ0v) is 11.3. The number of rotatable bonds is 2. The fraction of sp³-hybridized carbons (Fsp3) is 0.400. The highest BCUT2D eigenvalue weighted by molar-refractivity contribution is 6.31. The van der Waals surface area contributed by atoms with Crippen LogP contribution in [0.15, 0.2) is 18.2 Å². The third-order valence-electron chi connectivity index (χ3n) is 2.43. The van der Waals surface area contributed by atoms with Gasteiger partial charge in [0.2, 0.25) is 0 Å². The van der Waals surface area contributed by atoms with Crippen molar-refractivity contribution < 1.29 is 35.1 Å². The molecule has 0 aliphatic heterocycles. The van der Waals surface area contributed by atoms with E-state index in [1.54, 1.807) is 0 Å². The zero-order chi connectivity index (χ0) is 15.9. The summed E-state index contributed by atoms with van der Waals surface area (Å²) < 4.78 is 99.7. The van der Waals surface area contributed by atoms with Gasteiger partial charge in [0.25, 0.3) is 0 Å². The summed E-state index contributed by atoms with van der Waals surface area (Å²) in [6, 6.07) is -1.96. The Morgan fingerprint density at radius 3 is 1.81 bits per heavy atom. The second-order valence-electron chi connectivity index (χ2n) is 3.83. The third-order valence-corrected chi connectivity index (χ3v) is 2.77. The molecule has 21 heavy (non-hydrogen) atoms. The maximum absolute atomic E-state index is 13.0. The summed E-state index contributed by atoms with van der Waals surface area (Å²) in [6.45, 7) is 0. The molecular formula is C10H7Cl2F8N. The largest absolute Gasteiger partial charge is 0.455 e. The second kappa shape index (κ2) is 6.13. The van der Waals surface area contributed by atoms with Crippen molar-refractivity contribution in [2.75, 3.05) is 0 Å². The molecule has 122 valence electrons. The molecule has 0 saturated heterocycles. The minimum absolute atomic E-state index is 0. The fourth-order valence-corrected chi connectivity index (χ4v) is 1.57. The van der Waals surface area contributed by atoms with Crippen LogP contribution in [0.2, 0.25) is 5.02 Å². The lowest BCUT2D eigenvalue weighted by Gasteiger charge is -2.27.